The summed E-state index contributed by atoms with van der Waals surface area (Å²) in [7, 11) is 1.70. The van der Waals surface area contributed by atoms with Crippen molar-refractivity contribution in [3.8, 4) is 11.5 Å². The van der Waals surface area contributed by atoms with Crippen LogP contribution in [-0.2, 0) is 14.9 Å². The molecule has 1 aliphatic rings. The van der Waals surface area contributed by atoms with Crippen molar-refractivity contribution in [3.63, 3.8) is 0 Å². The smallest absolute Gasteiger partial charge is 0.259 e. The maximum atomic E-state index is 12.5. The molecule has 3 heterocycles. The molecule has 0 aromatic carbocycles. The Hall–Kier alpha value is -2.28. The molecule has 7 heteroatoms. The van der Waals surface area contributed by atoms with E-state index >= 15 is 0 Å². The Morgan fingerprint density at radius 3 is 2.79 bits per heavy atom. The molecule has 3 rings (SSSR count). The van der Waals surface area contributed by atoms with Gasteiger partial charge in [0.1, 0.15) is 0 Å². The zero-order chi connectivity index (χ0) is 20.0. The van der Waals surface area contributed by atoms with Crippen LogP contribution >= 0.6 is 0 Å². The fourth-order valence-electron chi connectivity index (χ4n) is 3.68. The molecule has 1 fully saturated rings. The number of aromatic nitrogens is 3. The van der Waals surface area contributed by atoms with E-state index in [0.717, 1.165) is 44.3 Å². The van der Waals surface area contributed by atoms with Crippen molar-refractivity contribution in [2.75, 3.05) is 26.8 Å². The third kappa shape index (κ3) is 4.76. The molecule has 2 aromatic heterocycles. The summed E-state index contributed by atoms with van der Waals surface area (Å²) < 4.78 is 10.9. The lowest BCUT2D eigenvalue weighted by Gasteiger charge is -2.40. The zero-order valence-corrected chi connectivity index (χ0v) is 17.1. The van der Waals surface area contributed by atoms with Crippen LogP contribution < -0.4 is 0 Å². The lowest BCUT2D eigenvalue weighted by molar-refractivity contribution is -0.133. The highest BCUT2D eigenvalue weighted by Crippen LogP contribution is 2.38. The van der Waals surface area contributed by atoms with Crippen LogP contribution in [0.3, 0.4) is 0 Å². The Balaban J connectivity index is 1.72. The fraction of sp³-hybridized carbons (Fsp3) is 0.619. The minimum absolute atomic E-state index is 0.227. The summed E-state index contributed by atoms with van der Waals surface area (Å²) in [6, 6.07) is 3.75. The number of piperidine rings is 1. The number of carbonyl (C=O) groups excluding carboxylic acids is 1. The van der Waals surface area contributed by atoms with E-state index in [1.54, 1.807) is 19.5 Å². The third-order valence-electron chi connectivity index (χ3n) is 5.60. The van der Waals surface area contributed by atoms with Crippen molar-refractivity contribution in [1.29, 1.82) is 0 Å². The van der Waals surface area contributed by atoms with E-state index in [1.165, 1.54) is 0 Å². The summed E-state index contributed by atoms with van der Waals surface area (Å²) in [5.41, 5.74) is 0.582. The maximum Gasteiger partial charge on any atom is 0.259 e. The monoisotopic (exact) mass is 386 g/mol. The van der Waals surface area contributed by atoms with Gasteiger partial charge in [0.2, 0.25) is 5.91 Å². The minimum atomic E-state index is -0.227. The molecule has 0 aliphatic carbocycles. The van der Waals surface area contributed by atoms with E-state index in [9.17, 15) is 4.79 Å². The number of carbonyl (C=O) groups is 1. The first kappa shape index (κ1) is 20.5. The Bertz CT molecular complexity index is 752. The van der Waals surface area contributed by atoms with Crippen LogP contribution in [-0.4, -0.2) is 52.7 Å². The van der Waals surface area contributed by atoms with Gasteiger partial charge in [-0.25, -0.2) is 0 Å². The Kier molecular flexibility index (Phi) is 6.78. The number of methoxy groups -OCH3 is 1. The maximum absolute atomic E-state index is 12.5. The normalized spacial score (nSPS) is 16.5. The number of nitrogens with zero attached hydrogens (tertiary/aromatic N) is 4. The zero-order valence-electron chi connectivity index (χ0n) is 17.1. The van der Waals surface area contributed by atoms with Crippen molar-refractivity contribution in [2.45, 2.75) is 51.4 Å². The van der Waals surface area contributed by atoms with E-state index in [0.29, 0.717) is 30.7 Å². The first-order valence-electron chi connectivity index (χ1n) is 10.1. The highest BCUT2D eigenvalue weighted by molar-refractivity contribution is 5.76. The summed E-state index contributed by atoms with van der Waals surface area (Å²) in [6.45, 7) is 6.36. The molecule has 0 unspecified atom stereocenters. The van der Waals surface area contributed by atoms with E-state index < -0.39 is 0 Å². The molecule has 1 amide bonds. The van der Waals surface area contributed by atoms with Gasteiger partial charge < -0.3 is 14.2 Å². The average molecular weight is 386 g/mol. The second-order valence-corrected chi connectivity index (χ2v) is 8.00. The number of hydrogen-bond acceptors (Lipinski definition) is 6. The van der Waals surface area contributed by atoms with Gasteiger partial charge in [-0.05, 0) is 43.7 Å². The Morgan fingerprint density at radius 1 is 1.36 bits per heavy atom. The van der Waals surface area contributed by atoms with Crippen LogP contribution in [0.1, 0.15) is 51.8 Å². The molecule has 0 atom stereocenters. The van der Waals surface area contributed by atoms with Crippen LogP contribution in [0, 0.1) is 5.92 Å². The number of ether oxygens (including phenoxy) is 1. The molecule has 0 spiro atoms. The molecular weight excluding hydrogens is 356 g/mol. The van der Waals surface area contributed by atoms with Crippen LogP contribution in [0.5, 0.6) is 0 Å². The summed E-state index contributed by atoms with van der Waals surface area (Å²) in [5, 5.41) is 4.30. The molecule has 0 saturated carbocycles. The Labute approximate surface area is 166 Å². The van der Waals surface area contributed by atoms with Gasteiger partial charge in [-0.2, -0.15) is 4.98 Å². The molecule has 1 aliphatic heterocycles. The number of hydrogen-bond donors (Lipinski definition) is 0. The molecular formula is C21H30N4O3. The molecule has 0 bridgehead atoms. The van der Waals surface area contributed by atoms with E-state index in [-0.39, 0.29) is 11.3 Å². The lowest BCUT2D eigenvalue weighted by Crippen LogP contribution is -2.46. The highest BCUT2D eigenvalue weighted by atomic mass is 16.5. The molecule has 2 aromatic rings. The number of pyridine rings is 1. The molecule has 152 valence electrons. The van der Waals surface area contributed by atoms with Gasteiger partial charge in [0.25, 0.3) is 5.89 Å². The predicted molar refractivity (Wildman–Crippen MR) is 106 cm³/mol. The van der Waals surface area contributed by atoms with Crippen LogP contribution in [0.2, 0.25) is 0 Å². The van der Waals surface area contributed by atoms with Gasteiger partial charge in [0.15, 0.2) is 5.82 Å². The molecule has 0 N–H and O–H groups in total. The van der Waals surface area contributed by atoms with Crippen molar-refractivity contribution in [2.24, 2.45) is 5.92 Å². The van der Waals surface area contributed by atoms with E-state index in [2.05, 4.69) is 29.0 Å². The average Bonchev–Trinajstić information content (AvgIpc) is 3.22. The van der Waals surface area contributed by atoms with Gasteiger partial charge in [-0.15, -0.1) is 0 Å². The van der Waals surface area contributed by atoms with Crippen LogP contribution in [0.25, 0.3) is 11.5 Å². The van der Waals surface area contributed by atoms with Crippen molar-refractivity contribution >= 4 is 5.91 Å². The summed E-state index contributed by atoms with van der Waals surface area (Å²) in [6.07, 6.45) is 7.43. The first-order valence-corrected chi connectivity index (χ1v) is 10.1. The quantitative estimate of drug-likeness (QED) is 0.691. The second kappa shape index (κ2) is 9.28. The fourth-order valence-corrected chi connectivity index (χ4v) is 3.68. The van der Waals surface area contributed by atoms with Gasteiger partial charge in [-0.3, -0.25) is 9.78 Å². The third-order valence-corrected chi connectivity index (χ3v) is 5.60. The summed E-state index contributed by atoms with van der Waals surface area (Å²) >= 11 is 0. The van der Waals surface area contributed by atoms with Gasteiger partial charge in [0, 0.05) is 51.0 Å². The number of likely N-dealkylation sites (tertiary alicyclic amines) is 1. The highest BCUT2D eigenvalue weighted by Gasteiger charge is 2.41. The molecule has 1 saturated heterocycles. The van der Waals surface area contributed by atoms with E-state index in [4.69, 9.17) is 9.26 Å². The van der Waals surface area contributed by atoms with Gasteiger partial charge in [0.05, 0.1) is 5.56 Å². The van der Waals surface area contributed by atoms with Crippen molar-refractivity contribution in [3.05, 3.63) is 30.4 Å². The molecule has 7 nitrogen and oxygen atoms in total. The van der Waals surface area contributed by atoms with Crippen molar-refractivity contribution in [1.82, 2.24) is 20.0 Å². The van der Waals surface area contributed by atoms with Gasteiger partial charge >= 0.3 is 0 Å². The van der Waals surface area contributed by atoms with Gasteiger partial charge in [-0.1, -0.05) is 19.0 Å². The topological polar surface area (TPSA) is 81.3 Å². The van der Waals surface area contributed by atoms with Crippen LogP contribution in [0.15, 0.2) is 29.0 Å². The first-order chi connectivity index (χ1) is 13.5. The molecule has 0 radical (unpaired) electrons. The summed E-state index contributed by atoms with van der Waals surface area (Å²) in [5.74, 6) is 1.98. The lowest BCUT2D eigenvalue weighted by atomic mass is 9.75. The molecule has 28 heavy (non-hydrogen) atoms. The van der Waals surface area contributed by atoms with Crippen LogP contribution in [0.4, 0.5) is 0 Å². The SMILES string of the molecule is COCCC1(c2noc(-c3cccnc3)n2)CCN(C(=O)CCC(C)C)CC1. The second-order valence-electron chi connectivity index (χ2n) is 8.00. The van der Waals surface area contributed by atoms with E-state index in [1.807, 2.05) is 17.0 Å². The standard InChI is InChI=1S/C21H30N4O3/c1-16(2)6-7-18(26)25-12-8-21(9-13-25,10-14-27-3)20-23-19(28-24-20)17-5-4-11-22-15-17/h4-5,11,15-16H,6-10,12-14H2,1-3H3. The Morgan fingerprint density at radius 2 is 2.14 bits per heavy atom. The number of amides is 1. The largest absolute Gasteiger partial charge is 0.385 e. The van der Waals surface area contributed by atoms with Crippen molar-refractivity contribution < 1.29 is 14.1 Å². The minimum Gasteiger partial charge on any atom is -0.385 e. The predicted octanol–water partition coefficient (Wildman–Crippen LogP) is 3.46. The number of rotatable bonds is 8. The summed E-state index contributed by atoms with van der Waals surface area (Å²) in [4.78, 5) is 23.3.